The summed E-state index contributed by atoms with van der Waals surface area (Å²) in [6, 6.07) is 5.41. The van der Waals surface area contributed by atoms with E-state index in [0.29, 0.717) is 11.3 Å². The number of ether oxygens (including phenoxy) is 1. The first-order valence-electron chi connectivity index (χ1n) is 4.94. The van der Waals surface area contributed by atoms with Crippen LogP contribution in [0.15, 0.2) is 18.2 Å². The molecular formula is C11H14N2O2. The molecule has 1 aliphatic heterocycles. The average molecular weight is 206 g/mol. The first kappa shape index (κ1) is 9.98. The lowest BCUT2D eigenvalue weighted by Crippen LogP contribution is -2.50. The van der Waals surface area contributed by atoms with Crippen molar-refractivity contribution in [3.05, 3.63) is 29.3 Å². The highest BCUT2D eigenvalue weighted by Gasteiger charge is 2.20. The number of carbonyl (C=O) groups excluding carboxylic acids is 1. The molecule has 0 saturated carbocycles. The Labute approximate surface area is 88.4 Å². The van der Waals surface area contributed by atoms with E-state index in [1.807, 2.05) is 19.1 Å². The predicted octanol–water partition coefficient (Wildman–Crippen LogP) is 0.445. The smallest absolute Gasteiger partial charge is 0.252 e. The van der Waals surface area contributed by atoms with Crippen LogP contribution in [0.4, 0.5) is 0 Å². The number of primary amides is 1. The number of nitrogens with one attached hydrogen (secondary N) is 1. The topological polar surface area (TPSA) is 64.4 Å². The van der Waals surface area contributed by atoms with Crippen molar-refractivity contribution in [3.63, 3.8) is 0 Å². The lowest BCUT2D eigenvalue weighted by molar-refractivity contribution is 0.0984. The molecule has 4 heteroatoms. The van der Waals surface area contributed by atoms with E-state index < -0.39 is 5.91 Å². The Balaban J connectivity index is 2.24. The quantitative estimate of drug-likeness (QED) is 0.754. The van der Waals surface area contributed by atoms with Crippen molar-refractivity contribution >= 4 is 5.91 Å². The van der Waals surface area contributed by atoms with Crippen LogP contribution in [0, 0.1) is 6.92 Å². The fraction of sp³-hybridized carbons (Fsp3) is 0.364. The maximum absolute atomic E-state index is 11.1. The van der Waals surface area contributed by atoms with E-state index in [4.69, 9.17) is 10.5 Å². The number of benzene rings is 1. The molecule has 1 aromatic carbocycles. The molecule has 1 fully saturated rings. The summed E-state index contributed by atoms with van der Waals surface area (Å²) in [7, 11) is 0. The minimum absolute atomic E-state index is 0.157. The molecule has 0 atom stereocenters. The van der Waals surface area contributed by atoms with Crippen LogP contribution >= 0.6 is 0 Å². The highest BCUT2D eigenvalue weighted by atomic mass is 16.5. The molecule has 0 bridgehead atoms. The molecule has 0 aliphatic carbocycles. The Morgan fingerprint density at radius 1 is 1.53 bits per heavy atom. The summed E-state index contributed by atoms with van der Waals surface area (Å²) in [6.07, 6.45) is 0.157. The van der Waals surface area contributed by atoms with Crippen molar-refractivity contribution in [1.29, 1.82) is 0 Å². The molecule has 80 valence electrons. The van der Waals surface area contributed by atoms with E-state index in [0.717, 1.165) is 18.7 Å². The first-order valence-corrected chi connectivity index (χ1v) is 4.94. The number of nitrogens with two attached hydrogens (primary N) is 1. The monoisotopic (exact) mass is 206 g/mol. The van der Waals surface area contributed by atoms with E-state index >= 15 is 0 Å². The fourth-order valence-corrected chi connectivity index (χ4v) is 1.46. The number of hydrogen-bond donors (Lipinski definition) is 2. The summed E-state index contributed by atoms with van der Waals surface area (Å²) < 4.78 is 5.66. The Bertz CT molecular complexity index is 386. The van der Waals surface area contributed by atoms with E-state index in [2.05, 4.69) is 5.32 Å². The summed E-state index contributed by atoms with van der Waals surface area (Å²) >= 11 is 0. The van der Waals surface area contributed by atoms with Gasteiger partial charge < -0.3 is 15.8 Å². The van der Waals surface area contributed by atoms with Crippen LogP contribution in [0.25, 0.3) is 0 Å². The Kier molecular flexibility index (Phi) is 2.60. The van der Waals surface area contributed by atoms with Gasteiger partial charge in [-0.25, -0.2) is 0 Å². The van der Waals surface area contributed by atoms with Crippen molar-refractivity contribution in [2.45, 2.75) is 13.0 Å². The Hall–Kier alpha value is -1.55. The summed E-state index contributed by atoms with van der Waals surface area (Å²) in [6.45, 7) is 3.61. The third-order valence-electron chi connectivity index (χ3n) is 2.44. The van der Waals surface area contributed by atoms with E-state index in [1.165, 1.54) is 0 Å². The van der Waals surface area contributed by atoms with Crippen molar-refractivity contribution < 1.29 is 9.53 Å². The first-order chi connectivity index (χ1) is 7.16. The van der Waals surface area contributed by atoms with Crippen LogP contribution in [0.5, 0.6) is 5.75 Å². The zero-order valence-corrected chi connectivity index (χ0v) is 8.62. The minimum atomic E-state index is -0.447. The average Bonchev–Trinajstić information content (AvgIpc) is 2.11. The SMILES string of the molecule is Cc1ccc(C(N)=O)c(OC2CNC2)c1. The van der Waals surface area contributed by atoms with Crippen molar-refractivity contribution in [1.82, 2.24) is 5.32 Å². The van der Waals surface area contributed by atoms with Gasteiger partial charge in [0.25, 0.3) is 5.91 Å². The van der Waals surface area contributed by atoms with Gasteiger partial charge in [-0.05, 0) is 24.6 Å². The third kappa shape index (κ3) is 2.10. The van der Waals surface area contributed by atoms with Crippen molar-refractivity contribution in [3.8, 4) is 5.75 Å². The molecule has 0 aromatic heterocycles. The lowest BCUT2D eigenvalue weighted by atomic mass is 10.1. The molecule has 0 spiro atoms. The molecule has 0 unspecified atom stereocenters. The van der Waals surface area contributed by atoms with Gasteiger partial charge in [-0.3, -0.25) is 4.79 Å². The molecule has 1 aliphatic rings. The summed E-state index contributed by atoms with van der Waals surface area (Å²) in [5.74, 6) is 0.145. The maximum Gasteiger partial charge on any atom is 0.252 e. The van der Waals surface area contributed by atoms with Gasteiger partial charge in [-0.1, -0.05) is 6.07 Å². The molecule has 0 radical (unpaired) electrons. The summed E-state index contributed by atoms with van der Waals surface area (Å²) in [4.78, 5) is 11.1. The minimum Gasteiger partial charge on any atom is -0.487 e. The number of amides is 1. The molecule has 2 rings (SSSR count). The van der Waals surface area contributed by atoms with Crippen LogP contribution in [0.3, 0.4) is 0 Å². The number of carbonyl (C=O) groups is 1. The normalized spacial score (nSPS) is 15.8. The van der Waals surface area contributed by atoms with Crippen LogP contribution in [-0.2, 0) is 0 Å². The highest BCUT2D eigenvalue weighted by Crippen LogP contribution is 2.21. The van der Waals surface area contributed by atoms with Gasteiger partial charge in [0.15, 0.2) is 0 Å². The third-order valence-corrected chi connectivity index (χ3v) is 2.44. The van der Waals surface area contributed by atoms with Gasteiger partial charge in [-0.15, -0.1) is 0 Å². The molecule has 1 amide bonds. The van der Waals surface area contributed by atoms with Gasteiger partial charge >= 0.3 is 0 Å². The molecule has 3 N–H and O–H groups in total. The van der Waals surface area contributed by atoms with Gasteiger partial charge in [0.1, 0.15) is 11.9 Å². The highest BCUT2D eigenvalue weighted by molar-refractivity contribution is 5.95. The van der Waals surface area contributed by atoms with Gasteiger partial charge in [-0.2, -0.15) is 0 Å². The second-order valence-electron chi connectivity index (χ2n) is 3.76. The van der Waals surface area contributed by atoms with Gasteiger partial charge in [0, 0.05) is 13.1 Å². The van der Waals surface area contributed by atoms with E-state index in [9.17, 15) is 4.79 Å². The van der Waals surface area contributed by atoms with Gasteiger partial charge in [0.2, 0.25) is 0 Å². The van der Waals surface area contributed by atoms with E-state index in [-0.39, 0.29) is 6.10 Å². The standard InChI is InChI=1S/C11H14N2O2/c1-7-2-3-9(11(12)14)10(4-7)15-8-5-13-6-8/h2-4,8,13H,5-6H2,1H3,(H2,12,14). The predicted molar refractivity (Wildman–Crippen MR) is 57.0 cm³/mol. The maximum atomic E-state index is 11.1. The second-order valence-corrected chi connectivity index (χ2v) is 3.76. The molecule has 1 aromatic rings. The summed E-state index contributed by atoms with van der Waals surface area (Å²) in [5, 5.41) is 3.10. The van der Waals surface area contributed by atoms with Crippen LogP contribution < -0.4 is 15.8 Å². The molecule has 15 heavy (non-hydrogen) atoms. The molecule has 1 saturated heterocycles. The molecule has 4 nitrogen and oxygen atoms in total. The molecular weight excluding hydrogens is 192 g/mol. The van der Waals surface area contributed by atoms with E-state index in [1.54, 1.807) is 6.07 Å². The lowest BCUT2D eigenvalue weighted by Gasteiger charge is -2.28. The number of aryl methyl sites for hydroxylation is 1. The van der Waals surface area contributed by atoms with Crippen LogP contribution in [0.2, 0.25) is 0 Å². The number of hydrogen-bond acceptors (Lipinski definition) is 3. The molecule has 1 heterocycles. The largest absolute Gasteiger partial charge is 0.487 e. The van der Waals surface area contributed by atoms with Crippen molar-refractivity contribution in [2.75, 3.05) is 13.1 Å². The zero-order valence-electron chi connectivity index (χ0n) is 8.62. The zero-order chi connectivity index (χ0) is 10.8. The van der Waals surface area contributed by atoms with Crippen LogP contribution in [-0.4, -0.2) is 25.1 Å². The Morgan fingerprint density at radius 3 is 2.80 bits per heavy atom. The second kappa shape index (κ2) is 3.90. The Morgan fingerprint density at radius 2 is 2.27 bits per heavy atom. The fourth-order valence-electron chi connectivity index (χ4n) is 1.46. The van der Waals surface area contributed by atoms with Crippen LogP contribution in [0.1, 0.15) is 15.9 Å². The van der Waals surface area contributed by atoms with Gasteiger partial charge in [0.05, 0.1) is 5.56 Å². The van der Waals surface area contributed by atoms with Crippen molar-refractivity contribution in [2.24, 2.45) is 5.73 Å². The summed E-state index contributed by atoms with van der Waals surface area (Å²) in [5.41, 5.74) is 6.77. The number of rotatable bonds is 3.